The van der Waals surface area contributed by atoms with Crippen LogP contribution in [0.1, 0.15) is 39.0 Å². The molecule has 0 spiro atoms. The first kappa shape index (κ1) is 11.9. The number of hydrogen-bond acceptors (Lipinski definition) is 1. The van der Waals surface area contributed by atoms with E-state index in [1.54, 1.807) is 0 Å². The number of carbonyl (C=O) groups excluding carboxylic acids is 1. The molecule has 12 heavy (non-hydrogen) atoms. The molecule has 0 atom stereocenters. The van der Waals surface area contributed by atoms with Gasteiger partial charge in [0, 0.05) is 18.3 Å². The van der Waals surface area contributed by atoms with E-state index in [0.717, 1.165) is 18.3 Å². The quantitative estimate of drug-likeness (QED) is 0.534. The molecule has 0 fully saturated rings. The zero-order valence-corrected chi connectivity index (χ0v) is 9.32. The van der Waals surface area contributed by atoms with Gasteiger partial charge in [0.15, 0.2) is 0 Å². The van der Waals surface area contributed by atoms with E-state index < -0.39 is 0 Å². The van der Waals surface area contributed by atoms with Crippen LogP contribution < -0.4 is 5.32 Å². The fourth-order valence-corrected chi connectivity index (χ4v) is 1.32. The Morgan fingerprint density at radius 1 is 1.25 bits per heavy atom. The minimum Gasteiger partial charge on any atom is -0.356 e. The number of amides is 1. The Balaban J connectivity index is 2.95. The first-order valence-electron chi connectivity index (χ1n) is 4.64. The Labute approximate surface area is 83.2 Å². The van der Waals surface area contributed by atoms with Gasteiger partial charge in [0.2, 0.25) is 5.91 Å². The van der Waals surface area contributed by atoms with E-state index in [2.05, 4.69) is 21.2 Å². The maximum absolute atomic E-state index is 10.8. The third-order valence-corrected chi connectivity index (χ3v) is 2.26. The molecule has 0 saturated heterocycles. The summed E-state index contributed by atoms with van der Waals surface area (Å²) < 4.78 is 0. The molecule has 0 bridgehead atoms. The van der Waals surface area contributed by atoms with Gasteiger partial charge >= 0.3 is 0 Å². The minimum absolute atomic E-state index is 0.162. The van der Waals surface area contributed by atoms with Crippen LogP contribution >= 0.6 is 15.9 Å². The second-order valence-corrected chi connectivity index (χ2v) is 3.60. The van der Waals surface area contributed by atoms with Crippen LogP contribution in [0.15, 0.2) is 0 Å². The lowest BCUT2D eigenvalue weighted by Gasteiger charge is -2.02. The molecule has 0 aromatic heterocycles. The summed E-state index contributed by atoms with van der Waals surface area (Å²) in [5, 5.41) is 3.95. The van der Waals surface area contributed by atoms with Gasteiger partial charge < -0.3 is 5.32 Å². The summed E-state index contributed by atoms with van der Waals surface area (Å²) in [6.45, 7) is 2.72. The summed E-state index contributed by atoms with van der Waals surface area (Å²) in [6.07, 6.45) is 5.42. The van der Waals surface area contributed by atoms with Crippen molar-refractivity contribution in [2.45, 2.75) is 39.0 Å². The summed E-state index contributed by atoms with van der Waals surface area (Å²) in [5.74, 6) is 0.162. The van der Waals surface area contributed by atoms with Crippen LogP contribution in [0, 0.1) is 0 Å². The number of unbranched alkanes of at least 4 members (excludes halogenated alkanes) is 3. The average molecular weight is 236 g/mol. The smallest absolute Gasteiger partial charge is 0.219 e. The van der Waals surface area contributed by atoms with E-state index >= 15 is 0 Å². The van der Waals surface area contributed by atoms with Gasteiger partial charge in [0.1, 0.15) is 0 Å². The molecule has 3 heteroatoms. The van der Waals surface area contributed by atoms with Crippen LogP contribution in [0.4, 0.5) is 0 Å². The average Bonchev–Trinajstić information content (AvgIpc) is 2.10. The van der Waals surface area contributed by atoms with Crippen molar-refractivity contribution in [1.82, 2.24) is 5.32 Å². The molecule has 0 radical (unpaired) electrons. The Morgan fingerprint density at radius 3 is 2.50 bits per heavy atom. The molecule has 0 saturated carbocycles. The van der Waals surface area contributed by atoms with Crippen molar-refractivity contribution in [3.05, 3.63) is 0 Å². The highest BCUT2D eigenvalue weighted by atomic mass is 79.9. The van der Waals surface area contributed by atoms with Gasteiger partial charge in [0.25, 0.3) is 0 Å². The van der Waals surface area contributed by atoms with E-state index in [4.69, 9.17) is 0 Å². The largest absolute Gasteiger partial charge is 0.356 e. The van der Waals surface area contributed by atoms with Gasteiger partial charge in [-0.2, -0.15) is 0 Å². The second kappa shape index (κ2) is 9.04. The van der Waals surface area contributed by atoms with E-state index in [-0.39, 0.29) is 5.91 Å². The highest BCUT2D eigenvalue weighted by Gasteiger charge is 1.94. The van der Waals surface area contributed by atoms with Crippen LogP contribution in [0.5, 0.6) is 0 Å². The second-order valence-electron chi connectivity index (χ2n) is 2.81. The van der Waals surface area contributed by atoms with E-state index in [0.29, 0.717) is 6.42 Å². The Kier molecular flexibility index (Phi) is 9.00. The molecule has 0 heterocycles. The third kappa shape index (κ3) is 8.05. The Hall–Kier alpha value is -0.0500. The molecule has 2 nitrogen and oxygen atoms in total. The molecule has 72 valence electrons. The zero-order valence-electron chi connectivity index (χ0n) is 7.74. The first-order valence-corrected chi connectivity index (χ1v) is 5.76. The Morgan fingerprint density at radius 2 is 1.92 bits per heavy atom. The Bertz CT molecular complexity index is 117. The highest BCUT2D eigenvalue weighted by molar-refractivity contribution is 9.09. The van der Waals surface area contributed by atoms with Crippen LogP contribution in [0.25, 0.3) is 0 Å². The van der Waals surface area contributed by atoms with E-state index in [1.165, 1.54) is 19.3 Å². The van der Waals surface area contributed by atoms with Crippen molar-refractivity contribution in [3.8, 4) is 0 Å². The van der Waals surface area contributed by atoms with Crippen LogP contribution in [0.2, 0.25) is 0 Å². The predicted octanol–water partition coefficient (Wildman–Crippen LogP) is 2.47. The van der Waals surface area contributed by atoms with Gasteiger partial charge in [0.05, 0.1) is 0 Å². The molecular weight excluding hydrogens is 218 g/mol. The molecule has 0 aliphatic heterocycles. The topological polar surface area (TPSA) is 29.1 Å². The maximum atomic E-state index is 10.8. The van der Waals surface area contributed by atoms with Crippen LogP contribution in [-0.4, -0.2) is 17.8 Å². The van der Waals surface area contributed by atoms with Crippen molar-refractivity contribution in [2.75, 3.05) is 11.9 Å². The molecule has 0 aromatic rings. The fourth-order valence-electron chi connectivity index (χ4n) is 0.926. The normalized spacial score (nSPS) is 9.83. The van der Waals surface area contributed by atoms with Gasteiger partial charge in [-0.25, -0.2) is 0 Å². The molecule has 0 aromatic carbocycles. The lowest BCUT2D eigenvalue weighted by molar-refractivity contribution is -0.120. The van der Waals surface area contributed by atoms with Gasteiger partial charge in [-0.15, -0.1) is 0 Å². The highest BCUT2D eigenvalue weighted by Crippen LogP contribution is 2.00. The van der Waals surface area contributed by atoms with E-state index in [1.807, 2.05) is 6.92 Å². The lowest BCUT2D eigenvalue weighted by atomic mass is 10.2. The van der Waals surface area contributed by atoms with Crippen molar-refractivity contribution in [3.63, 3.8) is 0 Å². The summed E-state index contributed by atoms with van der Waals surface area (Å²) in [7, 11) is 0. The van der Waals surface area contributed by atoms with Gasteiger partial charge in [-0.3, -0.25) is 4.79 Å². The molecule has 0 aliphatic rings. The number of carbonyl (C=O) groups is 1. The monoisotopic (exact) mass is 235 g/mol. The molecule has 0 aliphatic carbocycles. The zero-order chi connectivity index (χ0) is 9.23. The molecule has 1 amide bonds. The number of hydrogen-bond donors (Lipinski definition) is 1. The van der Waals surface area contributed by atoms with Crippen LogP contribution in [-0.2, 0) is 4.79 Å². The molecular formula is C9H18BrNO. The predicted molar refractivity (Wildman–Crippen MR) is 55.6 cm³/mol. The number of halogens is 1. The van der Waals surface area contributed by atoms with Crippen LogP contribution in [0.3, 0.4) is 0 Å². The van der Waals surface area contributed by atoms with Crippen molar-refractivity contribution in [1.29, 1.82) is 0 Å². The fraction of sp³-hybridized carbons (Fsp3) is 0.889. The number of nitrogens with one attached hydrogen (secondary N) is 1. The van der Waals surface area contributed by atoms with E-state index in [9.17, 15) is 4.79 Å². The third-order valence-electron chi connectivity index (χ3n) is 1.70. The van der Waals surface area contributed by atoms with Gasteiger partial charge in [-0.05, 0) is 12.8 Å². The van der Waals surface area contributed by atoms with Crippen molar-refractivity contribution < 1.29 is 4.79 Å². The number of alkyl halides is 1. The van der Waals surface area contributed by atoms with Gasteiger partial charge in [-0.1, -0.05) is 35.7 Å². The van der Waals surface area contributed by atoms with Crippen molar-refractivity contribution in [2.24, 2.45) is 0 Å². The summed E-state index contributed by atoms with van der Waals surface area (Å²) >= 11 is 3.38. The molecule has 1 N–H and O–H groups in total. The van der Waals surface area contributed by atoms with Crippen molar-refractivity contribution >= 4 is 21.8 Å². The summed E-state index contributed by atoms with van der Waals surface area (Å²) in [5.41, 5.74) is 0. The summed E-state index contributed by atoms with van der Waals surface area (Å²) in [4.78, 5) is 10.8. The number of rotatable bonds is 7. The summed E-state index contributed by atoms with van der Waals surface area (Å²) in [6, 6.07) is 0. The minimum atomic E-state index is 0.162. The molecule has 0 rings (SSSR count). The lowest BCUT2D eigenvalue weighted by Crippen LogP contribution is -2.23. The standard InChI is InChI=1S/C9H18BrNO/c1-2-9(12)11-8-6-4-3-5-7-10/h2-8H2,1H3,(H,11,12). The maximum Gasteiger partial charge on any atom is 0.219 e. The SMILES string of the molecule is CCC(=O)NCCCCCCBr. The first-order chi connectivity index (χ1) is 5.81. The molecule has 0 unspecified atom stereocenters.